The number of hydrogen-bond acceptors (Lipinski definition) is 0. The van der Waals surface area contributed by atoms with Crippen molar-refractivity contribution in [2.75, 3.05) is 0 Å². The van der Waals surface area contributed by atoms with Crippen LogP contribution in [0.2, 0.25) is 0 Å². The minimum Gasteiger partial charge on any atom is -0.207 e. The molecule has 0 N–H and O–H groups in total. The van der Waals surface area contributed by atoms with E-state index >= 15 is 0 Å². The molecule has 0 spiro atoms. The molecule has 96 valence electrons. The second-order valence-corrected chi connectivity index (χ2v) is 3.92. The lowest BCUT2D eigenvalue weighted by Crippen LogP contribution is -1.88. The van der Waals surface area contributed by atoms with Crippen LogP contribution in [0, 0.1) is 25.5 Å². The second kappa shape index (κ2) is 6.29. The van der Waals surface area contributed by atoms with Crippen LogP contribution in [0.5, 0.6) is 0 Å². The normalized spacial score (nSPS) is 9.67. The molecular formula is C16H18F2. The van der Waals surface area contributed by atoms with Gasteiger partial charge < -0.3 is 0 Å². The van der Waals surface area contributed by atoms with Crippen LogP contribution in [0.25, 0.3) is 11.1 Å². The maximum absolute atomic E-state index is 13.5. The van der Waals surface area contributed by atoms with Crippen LogP contribution in [-0.4, -0.2) is 0 Å². The average Bonchev–Trinajstić information content (AvgIpc) is 2.38. The third kappa shape index (κ3) is 3.16. The van der Waals surface area contributed by atoms with E-state index in [1.54, 1.807) is 6.07 Å². The van der Waals surface area contributed by atoms with Gasteiger partial charge in [-0.1, -0.05) is 32.0 Å². The van der Waals surface area contributed by atoms with Crippen molar-refractivity contribution < 1.29 is 8.78 Å². The van der Waals surface area contributed by atoms with Gasteiger partial charge in [-0.15, -0.1) is 0 Å². The fraction of sp³-hybridized carbons (Fsp3) is 0.250. The Morgan fingerprint density at radius 1 is 0.778 bits per heavy atom. The summed E-state index contributed by atoms with van der Waals surface area (Å²) in [5.74, 6) is -0.820. The van der Waals surface area contributed by atoms with E-state index in [4.69, 9.17) is 0 Å². The van der Waals surface area contributed by atoms with E-state index in [-0.39, 0.29) is 0 Å². The fourth-order valence-electron chi connectivity index (χ4n) is 1.63. The van der Waals surface area contributed by atoms with Crippen LogP contribution in [-0.2, 0) is 0 Å². The van der Waals surface area contributed by atoms with Gasteiger partial charge >= 0.3 is 0 Å². The Hall–Kier alpha value is -1.70. The van der Waals surface area contributed by atoms with E-state index in [1.165, 1.54) is 6.07 Å². The Morgan fingerprint density at radius 3 is 2.06 bits per heavy atom. The molecule has 0 aliphatic carbocycles. The summed E-state index contributed by atoms with van der Waals surface area (Å²) in [6, 6.07) is 9.08. The van der Waals surface area contributed by atoms with Crippen molar-refractivity contribution in [3.8, 4) is 11.1 Å². The van der Waals surface area contributed by atoms with Crippen LogP contribution in [0.1, 0.15) is 25.0 Å². The molecule has 2 aromatic carbocycles. The summed E-state index contributed by atoms with van der Waals surface area (Å²) >= 11 is 0. The molecule has 0 aliphatic rings. The third-order valence-corrected chi connectivity index (χ3v) is 2.75. The highest BCUT2D eigenvalue weighted by atomic mass is 19.1. The molecule has 0 fully saturated rings. The third-order valence-electron chi connectivity index (χ3n) is 2.75. The Balaban J connectivity index is 0.000000771. The van der Waals surface area contributed by atoms with E-state index < -0.39 is 11.6 Å². The fourth-order valence-corrected chi connectivity index (χ4v) is 1.63. The highest BCUT2D eigenvalue weighted by Gasteiger charge is 2.07. The van der Waals surface area contributed by atoms with Gasteiger partial charge in [-0.25, -0.2) is 8.78 Å². The monoisotopic (exact) mass is 248 g/mol. The molecule has 2 aromatic rings. The first kappa shape index (κ1) is 14.4. The molecule has 2 heteroatoms. The summed E-state index contributed by atoms with van der Waals surface area (Å²) in [6.07, 6.45) is 0. The molecule has 0 radical (unpaired) electrons. The summed E-state index contributed by atoms with van der Waals surface area (Å²) in [4.78, 5) is 0. The molecule has 0 nitrogen and oxygen atoms in total. The topological polar surface area (TPSA) is 0 Å². The summed E-state index contributed by atoms with van der Waals surface area (Å²) in [5, 5.41) is 0. The largest absolute Gasteiger partial charge is 0.207 e. The molecule has 0 atom stereocenters. The number of aryl methyl sites for hydroxylation is 2. The molecule has 0 aliphatic heterocycles. The Kier molecular flexibility index (Phi) is 5.02. The zero-order valence-corrected chi connectivity index (χ0v) is 11.2. The first-order valence-corrected chi connectivity index (χ1v) is 6.10. The lowest BCUT2D eigenvalue weighted by Gasteiger charge is -2.06. The first-order chi connectivity index (χ1) is 8.58. The van der Waals surface area contributed by atoms with Crippen LogP contribution < -0.4 is 0 Å². The minimum absolute atomic E-state index is 0.308. The lowest BCUT2D eigenvalue weighted by molar-refractivity contribution is 0.603. The van der Waals surface area contributed by atoms with Crippen molar-refractivity contribution in [3.05, 3.63) is 59.2 Å². The van der Waals surface area contributed by atoms with Gasteiger partial charge in [0.15, 0.2) is 0 Å². The summed E-state index contributed by atoms with van der Waals surface area (Å²) in [7, 11) is 0. The van der Waals surface area contributed by atoms with Crippen molar-refractivity contribution in [1.82, 2.24) is 0 Å². The van der Waals surface area contributed by atoms with Gasteiger partial charge in [0.05, 0.1) is 0 Å². The van der Waals surface area contributed by atoms with Crippen molar-refractivity contribution in [2.45, 2.75) is 27.7 Å². The van der Waals surface area contributed by atoms with Crippen molar-refractivity contribution >= 4 is 0 Å². The number of rotatable bonds is 1. The zero-order chi connectivity index (χ0) is 13.7. The van der Waals surface area contributed by atoms with Gasteiger partial charge in [0.1, 0.15) is 11.6 Å². The van der Waals surface area contributed by atoms with Gasteiger partial charge in [0.25, 0.3) is 0 Å². The number of hydrogen-bond donors (Lipinski definition) is 0. The molecule has 2 rings (SSSR count). The molecule has 0 bridgehead atoms. The Bertz CT molecular complexity index is 531. The Labute approximate surface area is 107 Å². The van der Waals surface area contributed by atoms with Gasteiger partial charge in [0.2, 0.25) is 0 Å². The minimum atomic E-state index is -0.422. The molecule has 0 heterocycles. The Morgan fingerprint density at radius 2 is 1.44 bits per heavy atom. The standard InChI is InChI=1S/C14H12F2.C2H6/c1-9-3-4-11(7-10(9)2)13-8-12(15)5-6-14(13)16;1-2/h3-8H,1-2H3;1-2H3. The van der Waals surface area contributed by atoms with Crippen LogP contribution in [0.15, 0.2) is 36.4 Å². The first-order valence-electron chi connectivity index (χ1n) is 6.10. The van der Waals surface area contributed by atoms with Gasteiger partial charge in [0, 0.05) is 5.56 Å². The van der Waals surface area contributed by atoms with E-state index in [0.717, 1.165) is 23.3 Å². The number of halogens is 2. The van der Waals surface area contributed by atoms with Gasteiger partial charge in [-0.3, -0.25) is 0 Å². The maximum Gasteiger partial charge on any atom is 0.131 e. The predicted molar refractivity (Wildman–Crippen MR) is 72.6 cm³/mol. The number of benzene rings is 2. The molecular weight excluding hydrogens is 230 g/mol. The van der Waals surface area contributed by atoms with E-state index in [2.05, 4.69) is 0 Å². The molecule has 0 amide bonds. The highest BCUT2D eigenvalue weighted by molar-refractivity contribution is 5.65. The van der Waals surface area contributed by atoms with E-state index in [0.29, 0.717) is 11.1 Å². The summed E-state index contributed by atoms with van der Waals surface area (Å²) in [5.41, 5.74) is 3.23. The second-order valence-electron chi connectivity index (χ2n) is 3.92. The van der Waals surface area contributed by atoms with Crippen molar-refractivity contribution in [2.24, 2.45) is 0 Å². The predicted octanol–water partition coefficient (Wildman–Crippen LogP) is 5.27. The summed E-state index contributed by atoms with van der Waals surface area (Å²) in [6.45, 7) is 7.94. The molecule has 0 aromatic heterocycles. The highest BCUT2D eigenvalue weighted by Crippen LogP contribution is 2.25. The molecule has 18 heavy (non-hydrogen) atoms. The van der Waals surface area contributed by atoms with E-state index in [1.807, 2.05) is 39.8 Å². The van der Waals surface area contributed by atoms with Crippen LogP contribution >= 0.6 is 0 Å². The quantitative estimate of drug-likeness (QED) is 0.644. The summed E-state index contributed by atoms with van der Waals surface area (Å²) < 4.78 is 26.6. The molecule has 0 saturated heterocycles. The molecule has 0 saturated carbocycles. The SMILES string of the molecule is CC.Cc1ccc(-c2cc(F)ccc2F)cc1C. The molecule has 0 unspecified atom stereocenters. The lowest BCUT2D eigenvalue weighted by atomic mass is 10.00. The van der Waals surface area contributed by atoms with Crippen molar-refractivity contribution in [1.29, 1.82) is 0 Å². The van der Waals surface area contributed by atoms with Gasteiger partial charge in [-0.2, -0.15) is 0 Å². The zero-order valence-electron chi connectivity index (χ0n) is 11.2. The average molecular weight is 248 g/mol. The van der Waals surface area contributed by atoms with Gasteiger partial charge in [-0.05, 0) is 48.7 Å². The maximum atomic E-state index is 13.5. The van der Waals surface area contributed by atoms with Crippen LogP contribution in [0.4, 0.5) is 8.78 Å². The van der Waals surface area contributed by atoms with Crippen molar-refractivity contribution in [3.63, 3.8) is 0 Å². The van der Waals surface area contributed by atoms with E-state index in [9.17, 15) is 8.78 Å². The van der Waals surface area contributed by atoms with Crippen LogP contribution in [0.3, 0.4) is 0 Å². The smallest absolute Gasteiger partial charge is 0.131 e.